The highest BCUT2D eigenvalue weighted by molar-refractivity contribution is 6.07. The van der Waals surface area contributed by atoms with E-state index in [0.29, 0.717) is 6.42 Å². The maximum Gasteiger partial charge on any atom is 0.303 e. The molecule has 0 aromatic carbocycles. The van der Waals surface area contributed by atoms with Crippen LogP contribution in [0.3, 0.4) is 0 Å². The van der Waals surface area contributed by atoms with E-state index in [4.69, 9.17) is 5.11 Å². The van der Waals surface area contributed by atoms with Gasteiger partial charge in [-0.25, -0.2) is 0 Å². The lowest BCUT2D eigenvalue weighted by Gasteiger charge is -2.06. The van der Waals surface area contributed by atoms with Crippen molar-refractivity contribution < 1.29 is 14.7 Å². The Bertz CT molecular complexity index is 481. The van der Waals surface area contributed by atoms with E-state index in [0.717, 1.165) is 24.8 Å². The van der Waals surface area contributed by atoms with Crippen LogP contribution in [0.15, 0.2) is 48.1 Å². The van der Waals surface area contributed by atoms with Crippen molar-refractivity contribution in [1.82, 2.24) is 0 Å². The molecule has 1 rings (SSSR count). The summed E-state index contributed by atoms with van der Waals surface area (Å²) in [5.41, 5.74) is 0.850. The number of carbonyl (C=O) groups is 2. The number of aliphatic carboxylic acids is 1. The predicted molar refractivity (Wildman–Crippen MR) is 89.6 cm³/mol. The van der Waals surface area contributed by atoms with Crippen LogP contribution in [0.5, 0.6) is 0 Å². The minimum absolute atomic E-state index is 0.101. The number of carboxylic acid groups (broad SMARTS) is 1. The lowest BCUT2D eigenvalue weighted by molar-refractivity contribution is -0.137. The third kappa shape index (κ3) is 7.21. The van der Waals surface area contributed by atoms with Crippen LogP contribution in [0.1, 0.15) is 51.9 Å². The highest BCUT2D eigenvalue weighted by Crippen LogP contribution is 2.25. The molecular formula is C19H26O3. The number of ketones is 1. The third-order valence-corrected chi connectivity index (χ3v) is 3.62. The second-order valence-corrected chi connectivity index (χ2v) is 5.52. The van der Waals surface area contributed by atoms with Crippen molar-refractivity contribution in [2.75, 3.05) is 0 Å². The van der Waals surface area contributed by atoms with Gasteiger partial charge in [0.2, 0.25) is 0 Å². The van der Waals surface area contributed by atoms with Gasteiger partial charge in [-0.15, -0.1) is 0 Å². The van der Waals surface area contributed by atoms with Gasteiger partial charge in [0.1, 0.15) is 0 Å². The zero-order chi connectivity index (χ0) is 16.2. The maximum absolute atomic E-state index is 11.8. The van der Waals surface area contributed by atoms with E-state index in [1.54, 1.807) is 6.08 Å². The first kappa shape index (κ1) is 18.1. The van der Waals surface area contributed by atoms with Gasteiger partial charge in [0, 0.05) is 17.9 Å². The van der Waals surface area contributed by atoms with Crippen LogP contribution < -0.4 is 0 Å². The lowest BCUT2D eigenvalue weighted by atomic mass is 9.97. The Kier molecular flexibility index (Phi) is 8.89. The lowest BCUT2D eigenvalue weighted by Crippen LogP contribution is -2.01. The largest absolute Gasteiger partial charge is 0.481 e. The minimum Gasteiger partial charge on any atom is -0.481 e. The van der Waals surface area contributed by atoms with Crippen LogP contribution in [0.2, 0.25) is 0 Å². The number of allylic oxidation sites excluding steroid dienone is 8. The maximum atomic E-state index is 11.8. The molecule has 1 aliphatic carbocycles. The van der Waals surface area contributed by atoms with Gasteiger partial charge in [-0.05, 0) is 31.8 Å². The molecule has 120 valence electrons. The van der Waals surface area contributed by atoms with Gasteiger partial charge in [0.05, 0.1) is 0 Å². The second kappa shape index (κ2) is 10.8. The molecule has 0 fully saturated rings. The first-order valence-corrected chi connectivity index (χ1v) is 8.11. The summed E-state index contributed by atoms with van der Waals surface area (Å²) in [5, 5.41) is 8.56. The number of carbonyl (C=O) groups excluding carboxylic acids is 1. The molecule has 1 atom stereocenters. The summed E-state index contributed by atoms with van der Waals surface area (Å²) in [6.07, 6.45) is 19.5. The highest BCUT2D eigenvalue weighted by Gasteiger charge is 2.20. The zero-order valence-corrected chi connectivity index (χ0v) is 13.3. The number of rotatable bonds is 10. The summed E-state index contributed by atoms with van der Waals surface area (Å²) in [7, 11) is 0. The first-order valence-electron chi connectivity index (χ1n) is 8.11. The van der Waals surface area contributed by atoms with Crippen molar-refractivity contribution in [3.05, 3.63) is 48.1 Å². The molecule has 0 aromatic heterocycles. The fraction of sp³-hybridized carbons (Fsp3) is 0.474. The number of unbranched alkanes of at least 4 members (excludes halogenated alkanes) is 3. The van der Waals surface area contributed by atoms with Crippen molar-refractivity contribution in [2.45, 2.75) is 51.9 Å². The van der Waals surface area contributed by atoms with Crippen molar-refractivity contribution in [1.29, 1.82) is 0 Å². The van der Waals surface area contributed by atoms with E-state index in [9.17, 15) is 9.59 Å². The SMILES string of the molecule is CCCCC=CC=C1C(=O)C=C[C@@H]1CC=CCCCC(=O)O. The molecular weight excluding hydrogens is 276 g/mol. The van der Waals surface area contributed by atoms with Crippen LogP contribution in [-0.4, -0.2) is 16.9 Å². The number of hydrogen-bond donors (Lipinski definition) is 1. The molecule has 0 unspecified atom stereocenters. The molecule has 0 spiro atoms. The topological polar surface area (TPSA) is 54.4 Å². The molecule has 3 heteroatoms. The van der Waals surface area contributed by atoms with Crippen LogP contribution in [-0.2, 0) is 9.59 Å². The normalized spacial score (nSPS) is 20.0. The fourth-order valence-electron chi connectivity index (χ4n) is 2.32. The van der Waals surface area contributed by atoms with Crippen LogP contribution in [0.4, 0.5) is 0 Å². The van der Waals surface area contributed by atoms with Gasteiger partial charge in [0.15, 0.2) is 5.78 Å². The molecule has 0 heterocycles. The van der Waals surface area contributed by atoms with Crippen molar-refractivity contribution >= 4 is 11.8 Å². The molecule has 1 N–H and O–H groups in total. The Labute approximate surface area is 133 Å². The van der Waals surface area contributed by atoms with Crippen molar-refractivity contribution in [3.8, 4) is 0 Å². The van der Waals surface area contributed by atoms with E-state index in [1.807, 2.05) is 30.4 Å². The molecule has 0 saturated carbocycles. The summed E-state index contributed by atoms with van der Waals surface area (Å²) in [6.45, 7) is 2.16. The van der Waals surface area contributed by atoms with Gasteiger partial charge in [-0.3, -0.25) is 9.59 Å². The molecule has 0 amide bonds. The average Bonchev–Trinajstić information content (AvgIpc) is 2.83. The van der Waals surface area contributed by atoms with E-state index >= 15 is 0 Å². The van der Waals surface area contributed by atoms with E-state index in [2.05, 4.69) is 13.0 Å². The molecule has 1 aliphatic rings. The molecule has 3 nitrogen and oxygen atoms in total. The first-order chi connectivity index (χ1) is 10.6. The summed E-state index contributed by atoms with van der Waals surface area (Å²) < 4.78 is 0. The molecule has 0 aliphatic heterocycles. The summed E-state index contributed by atoms with van der Waals surface area (Å²) in [6, 6.07) is 0. The smallest absolute Gasteiger partial charge is 0.303 e. The van der Waals surface area contributed by atoms with Gasteiger partial charge >= 0.3 is 5.97 Å². The zero-order valence-electron chi connectivity index (χ0n) is 13.3. The van der Waals surface area contributed by atoms with Crippen LogP contribution in [0, 0.1) is 5.92 Å². The Morgan fingerprint density at radius 3 is 2.73 bits per heavy atom. The van der Waals surface area contributed by atoms with Gasteiger partial charge in [-0.1, -0.05) is 56.2 Å². The summed E-state index contributed by atoms with van der Waals surface area (Å²) >= 11 is 0. The second-order valence-electron chi connectivity index (χ2n) is 5.52. The van der Waals surface area contributed by atoms with E-state index in [1.165, 1.54) is 12.8 Å². The Morgan fingerprint density at radius 1 is 1.23 bits per heavy atom. The van der Waals surface area contributed by atoms with Crippen LogP contribution in [0.25, 0.3) is 0 Å². The monoisotopic (exact) mass is 302 g/mol. The molecule has 22 heavy (non-hydrogen) atoms. The average molecular weight is 302 g/mol. The molecule has 0 saturated heterocycles. The fourth-order valence-corrected chi connectivity index (χ4v) is 2.32. The Hall–Kier alpha value is -1.90. The van der Waals surface area contributed by atoms with E-state index in [-0.39, 0.29) is 18.1 Å². The molecule has 0 radical (unpaired) electrons. The molecule has 0 bridgehead atoms. The predicted octanol–water partition coefficient (Wildman–Crippen LogP) is 4.62. The van der Waals surface area contributed by atoms with Crippen LogP contribution >= 0.6 is 0 Å². The van der Waals surface area contributed by atoms with Crippen molar-refractivity contribution in [3.63, 3.8) is 0 Å². The number of hydrogen-bond acceptors (Lipinski definition) is 2. The molecule has 0 aromatic rings. The standard InChI is InChI=1S/C19H26O3/c1-2-3-4-5-9-12-17-16(14-15-18(17)20)11-8-6-7-10-13-19(21)22/h5-6,8-9,12,14-16H,2-4,7,10-11,13H2,1H3,(H,21,22)/t16-/m0/s1. The Balaban J connectivity index is 2.40. The highest BCUT2D eigenvalue weighted by atomic mass is 16.4. The summed E-state index contributed by atoms with van der Waals surface area (Å²) in [4.78, 5) is 22.2. The number of carboxylic acids is 1. The quantitative estimate of drug-likeness (QED) is 0.364. The third-order valence-electron chi connectivity index (χ3n) is 3.62. The van der Waals surface area contributed by atoms with Gasteiger partial charge in [0.25, 0.3) is 0 Å². The Morgan fingerprint density at radius 2 is 2.00 bits per heavy atom. The van der Waals surface area contributed by atoms with Crippen molar-refractivity contribution in [2.24, 2.45) is 5.92 Å². The van der Waals surface area contributed by atoms with E-state index < -0.39 is 5.97 Å². The van der Waals surface area contributed by atoms with Gasteiger partial charge in [-0.2, -0.15) is 0 Å². The van der Waals surface area contributed by atoms with Gasteiger partial charge < -0.3 is 5.11 Å². The summed E-state index contributed by atoms with van der Waals surface area (Å²) in [5.74, 6) is -0.499. The minimum atomic E-state index is -0.752.